The highest BCUT2D eigenvalue weighted by molar-refractivity contribution is 8.37. The van der Waals surface area contributed by atoms with E-state index in [1.807, 2.05) is 0 Å². The Bertz CT molecular complexity index is 824. The van der Waals surface area contributed by atoms with E-state index in [-0.39, 0.29) is 5.56 Å². The molecular formula is C14H12F6O3S2. The molecule has 140 valence electrons. The molecule has 1 unspecified atom stereocenters. The van der Waals surface area contributed by atoms with Gasteiger partial charge in [0, 0.05) is 20.1 Å². The van der Waals surface area contributed by atoms with Gasteiger partial charge in [0.25, 0.3) is 0 Å². The normalized spacial score (nSPS) is 27.2. The van der Waals surface area contributed by atoms with E-state index in [2.05, 4.69) is 3.63 Å². The summed E-state index contributed by atoms with van der Waals surface area (Å²) in [7, 11) is -11.3. The van der Waals surface area contributed by atoms with Gasteiger partial charge in [0.15, 0.2) is 0 Å². The zero-order valence-corrected chi connectivity index (χ0v) is 14.0. The maximum atomic E-state index is 14.0. The lowest BCUT2D eigenvalue weighted by atomic mass is 9.85. The largest absolute Gasteiger partial charge is 0.523 e. The van der Waals surface area contributed by atoms with Gasteiger partial charge in [0.1, 0.15) is 0 Å². The molecule has 1 aromatic carbocycles. The van der Waals surface area contributed by atoms with Crippen molar-refractivity contribution in [3.63, 3.8) is 0 Å². The topological polar surface area (TPSA) is 43.4 Å². The Morgan fingerprint density at radius 3 is 2.12 bits per heavy atom. The minimum Gasteiger partial charge on any atom is -0.196 e. The minimum absolute atomic E-state index is 0.0362. The van der Waals surface area contributed by atoms with Crippen molar-refractivity contribution in [1.82, 2.24) is 0 Å². The van der Waals surface area contributed by atoms with Gasteiger partial charge in [-0.2, -0.15) is 38.4 Å². The number of allylic oxidation sites excluding steroid dienone is 1. The summed E-state index contributed by atoms with van der Waals surface area (Å²) in [6.07, 6.45) is 2.45. The predicted molar refractivity (Wildman–Crippen MR) is 79.7 cm³/mol. The quantitative estimate of drug-likeness (QED) is 0.505. The van der Waals surface area contributed by atoms with Gasteiger partial charge in [-0.1, -0.05) is 24.6 Å². The lowest BCUT2D eigenvalue weighted by Crippen LogP contribution is -2.34. The van der Waals surface area contributed by atoms with Gasteiger partial charge in [-0.3, -0.25) is 0 Å². The number of hydrogen-bond acceptors (Lipinski definition) is 3. The van der Waals surface area contributed by atoms with Gasteiger partial charge in [0.2, 0.25) is 0 Å². The van der Waals surface area contributed by atoms with Gasteiger partial charge >= 0.3 is 21.1 Å². The van der Waals surface area contributed by atoms with E-state index in [9.17, 15) is 34.8 Å². The number of halogens is 6. The van der Waals surface area contributed by atoms with Crippen molar-refractivity contribution in [2.45, 2.75) is 35.2 Å². The Hall–Kier alpha value is -1.20. The Labute approximate surface area is 141 Å². The highest BCUT2D eigenvalue weighted by atomic mass is 32.3. The Morgan fingerprint density at radius 2 is 1.64 bits per heavy atom. The average molecular weight is 406 g/mol. The summed E-state index contributed by atoms with van der Waals surface area (Å²) in [6.45, 7) is 0. The van der Waals surface area contributed by atoms with Gasteiger partial charge < -0.3 is 0 Å². The third-order valence-corrected chi connectivity index (χ3v) is 9.03. The van der Waals surface area contributed by atoms with Crippen LogP contribution in [0.15, 0.2) is 34.1 Å². The molecule has 0 amide bonds. The van der Waals surface area contributed by atoms with Crippen LogP contribution >= 0.6 is 10.3 Å². The summed E-state index contributed by atoms with van der Waals surface area (Å²) in [4.78, 5) is -0.961. The molecule has 3 rings (SSSR count). The molecule has 1 aliphatic heterocycles. The first-order chi connectivity index (χ1) is 11.4. The molecule has 0 radical (unpaired) electrons. The summed E-state index contributed by atoms with van der Waals surface area (Å²) >= 11 is 0. The van der Waals surface area contributed by atoms with Gasteiger partial charge in [-0.25, -0.2) is 0 Å². The molecule has 1 aromatic rings. The predicted octanol–water partition coefficient (Wildman–Crippen LogP) is 5.31. The van der Waals surface area contributed by atoms with Crippen LogP contribution in [0.5, 0.6) is 0 Å². The van der Waals surface area contributed by atoms with Crippen LogP contribution in [0.25, 0.3) is 6.08 Å². The fourth-order valence-electron chi connectivity index (χ4n) is 2.82. The van der Waals surface area contributed by atoms with Crippen molar-refractivity contribution in [3.05, 3.63) is 34.7 Å². The third kappa shape index (κ3) is 2.76. The Morgan fingerprint density at radius 1 is 1.04 bits per heavy atom. The SMILES string of the molecule is O=S(=O)(OS1(C(F)(F)F)C(C2CCC2)=Cc2ccccc21)C(F)(F)F. The third-order valence-electron chi connectivity index (χ3n) is 4.17. The summed E-state index contributed by atoms with van der Waals surface area (Å²) in [6, 6.07) is 4.93. The zero-order chi connectivity index (χ0) is 18.7. The Kier molecular flexibility index (Phi) is 4.20. The number of benzene rings is 1. The highest BCUT2D eigenvalue weighted by Gasteiger charge is 2.65. The van der Waals surface area contributed by atoms with Crippen molar-refractivity contribution in [2.75, 3.05) is 0 Å². The van der Waals surface area contributed by atoms with Crippen LogP contribution in [0.1, 0.15) is 24.8 Å². The highest BCUT2D eigenvalue weighted by Crippen LogP contribution is 2.80. The van der Waals surface area contributed by atoms with Crippen LogP contribution < -0.4 is 0 Å². The van der Waals surface area contributed by atoms with E-state index in [4.69, 9.17) is 0 Å². The molecule has 1 heterocycles. The molecule has 25 heavy (non-hydrogen) atoms. The first-order valence-corrected chi connectivity index (χ1v) is 10.1. The van der Waals surface area contributed by atoms with Crippen molar-refractivity contribution in [3.8, 4) is 0 Å². The lowest BCUT2D eigenvalue weighted by Gasteiger charge is -2.43. The zero-order valence-electron chi connectivity index (χ0n) is 12.4. The summed E-state index contributed by atoms with van der Waals surface area (Å²) in [5.41, 5.74) is -11.2. The van der Waals surface area contributed by atoms with Crippen molar-refractivity contribution in [1.29, 1.82) is 0 Å². The van der Waals surface area contributed by atoms with Crippen LogP contribution in [0, 0.1) is 5.92 Å². The first-order valence-electron chi connectivity index (χ1n) is 7.13. The van der Waals surface area contributed by atoms with E-state index in [1.54, 1.807) is 0 Å². The lowest BCUT2D eigenvalue weighted by molar-refractivity contribution is -0.0547. The van der Waals surface area contributed by atoms with Crippen LogP contribution in [-0.2, 0) is 13.7 Å². The molecule has 0 bridgehead atoms. The number of alkyl halides is 6. The van der Waals surface area contributed by atoms with E-state index in [0.29, 0.717) is 19.3 Å². The fraction of sp³-hybridized carbons (Fsp3) is 0.429. The number of fused-ring (bicyclic) bond motifs is 1. The molecule has 0 N–H and O–H groups in total. The standard InChI is InChI=1S/C14H12F6O3S2/c15-13(16,17)24(23-25(21,22)14(18,19)20)11-7-2-1-4-10(11)8-12(24)9-5-3-6-9/h1-2,4,7-9H,3,5-6H2. The molecule has 0 aromatic heterocycles. The summed E-state index contributed by atoms with van der Waals surface area (Å²) < 4.78 is 107. The van der Waals surface area contributed by atoms with Gasteiger partial charge in [-0.05, 0) is 36.5 Å². The Balaban J connectivity index is 2.24. The minimum atomic E-state index is -6.44. The summed E-state index contributed by atoms with van der Waals surface area (Å²) in [5.74, 6) is -0.646. The number of hydrogen-bond donors (Lipinski definition) is 0. The molecule has 0 spiro atoms. The molecule has 1 aliphatic carbocycles. The van der Waals surface area contributed by atoms with Crippen LogP contribution in [-0.4, -0.2) is 19.4 Å². The average Bonchev–Trinajstić information content (AvgIpc) is 2.70. The van der Waals surface area contributed by atoms with Gasteiger partial charge in [-0.15, -0.1) is 0 Å². The second kappa shape index (κ2) is 5.65. The van der Waals surface area contributed by atoms with Crippen LogP contribution in [0.2, 0.25) is 0 Å². The smallest absolute Gasteiger partial charge is 0.196 e. The van der Waals surface area contributed by atoms with Crippen molar-refractivity contribution in [2.24, 2.45) is 5.92 Å². The molecule has 11 heteroatoms. The van der Waals surface area contributed by atoms with E-state index in [0.717, 1.165) is 12.1 Å². The molecule has 0 saturated heterocycles. The first kappa shape index (κ1) is 18.6. The molecule has 1 saturated carbocycles. The maximum absolute atomic E-state index is 14.0. The molecule has 3 nitrogen and oxygen atoms in total. The fourth-order valence-corrected chi connectivity index (χ4v) is 7.61. The summed E-state index contributed by atoms with van der Waals surface area (Å²) in [5, 5.41) is 0. The van der Waals surface area contributed by atoms with Crippen molar-refractivity contribution < 1.29 is 38.4 Å². The molecule has 2 aliphatic rings. The van der Waals surface area contributed by atoms with E-state index >= 15 is 0 Å². The number of rotatable bonds is 3. The van der Waals surface area contributed by atoms with Gasteiger partial charge in [0.05, 0.1) is 0 Å². The molecule has 1 fully saturated rings. The second-order valence-corrected chi connectivity index (χ2v) is 10.1. The molecular weight excluding hydrogens is 394 g/mol. The van der Waals surface area contributed by atoms with Crippen LogP contribution in [0.3, 0.4) is 0 Å². The van der Waals surface area contributed by atoms with Crippen molar-refractivity contribution >= 4 is 26.5 Å². The second-order valence-electron chi connectivity index (χ2n) is 5.68. The van der Waals surface area contributed by atoms with Crippen LogP contribution in [0.4, 0.5) is 26.3 Å². The van der Waals surface area contributed by atoms with E-state index in [1.165, 1.54) is 18.2 Å². The monoisotopic (exact) mass is 406 g/mol. The molecule has 1 atom stereocenters. The maximum Gasteiger partial charge on any atom is 0.523 e. The van der Waals surface area contributed by atoms with E-state index < -0.39 is 47.2 Å².